The maximum Gasteiger partial charge on any atom is 0.0991 e. The van der Waals surface area contributed by atoms with Crippen molar-refractivity contribution in [2.45, 2.75) is 39.3 Å². The van der Waals surface area contributed by atoms with Crippen molar-refractivity contribution in [2.75, 3.05) is 6.54 Å². The molecule has 2 heteroatoms. The van der Waals surface area contributed by atoms with E-state index in [1.165, 1.54) is 17.5 Å². The Balaban J connectivity index is 2.39. The Morgan fingerprint density at radius 3 is 2.56 bits per heavy atom. The molecule has 16 heavy (non-hydrogen) atoms. The second-order valence-electron chi connectivity index (χ2n) is 4.55. The molecule has 0 N–H and O–H groups in total. The van der Waals surface area contributed by atoms with E-state index in [4.69, 9.17) is 5.26 Å². The molecule has 1 heterocycles. The molecular weight excluding hydrogens is 196 g/mol. The summed E-state index contributed by atoms with van der Waals surface area (Å²) in [4.78, 5) is 2.51. The molecule has 1 aliphatic rings. The number of nitrogens with zero attached hydrogens (tertiary/aromatic N) is 2. The van der Waals surface area contributed by atoms with Gasteiger partial charge in [0.2, 0.25) is 0 Å². The highest BCUT2D eigenvalue weighted by Crippen LogP contribution is 2.41. The number of fused-ring (bicyclic) bond motifs is 1. The molecule has 0 radical (unpaired) electrons. The molecule has 1 aliphatic heterocycles. The van der Waals surface area contributed by atoms with Crippen LogP contribution in [0.15, 0.2) is 18.2 Å². The predicted octanol–water partition coefficient (Wildman–Crippen LogP) is 3.41. The van der Waals surface area contributed by atoms with Gasteiger partial charge >= 0.3 is 0 Å². The number of rotatable bonds is 2. The zero-order chi connectivity index (χ0) is 11.7. The Bertz CT molecular complexity index is 431. The summed E-state index contributed by atoms with van der Waals surface area (Å²) in [6, 6.07) is 9.24. The Kier molecular flexibility index (Phi) is 2.98. The maximum absolute atomic E-state index is 8.93. The van der Waals surface area contributed by atoms with Crippen LogP contribution in [0.2, 0.25) is 0 Å². The highest BCUT2D eigenvalue weighted by atomic mass is 15.2. The molecule has 1 aromatic rings. The summed E-state index contributed by atoms with van der Waals surface area (Å²) < 4.78 is 0. The van der Waals surface area contributed by atoms with Crippen molar-refractivity contribution >= 4 is 0 Å². The molecular formula is C14H18N2. The standard InChI is InChI=1S/C14H18N2/c1-4-7-16-10(2)13-6-5-12(9-15)8-14(13)11(16)3/h5-6,8,10-11H,4,7H2,1-3H3. The van der Waals surface area contributed by atoms with Crippen molar-refractivity contribution in [3.63, 3.8) is 0 Å². The van der Waals surface area contributed by atoms with E-state index in [9.17, 15) is 0 Å². The van der Waals surface area contributed by atoms with Gasteiger partial charge in [-0.2, -0.15) is 5.26 Å². The normalized spacial score (nSPS) is 24.1. The van der Waals surface area contributed by atoms with Crippen LogP contribution in [0.5, 0.6) is 0 Å². The SMILES string of the molecule is CCCN1C(C)c2ccc(C#N)cc2C1C. The second-order valence-corrected chi connectivity index (χ2v) is 4.55. The molecule has 2 rings (SSSR count). The van der Waals surface area contributed by atoms with Crippen molar-refractivity contribution in [3.05, 3.63) is 34.9 Å². The monoisotopic (exact) mass is 214 g/mol. The molecule has 0 saturated heterocycles. The fourth-order valence-corrected chi connectivity index (χ4v) is 2.72. The largest absolute Gasteiger partial charge is 0.290 e. The lowest BCUT2D eigenvalue weighted by atomic mass is 10.0. The quantitative estimate of drug-likeness (QED) is 0.754. The molecule has 0 amide bonds. The van der Waals surface area contributed by atoms with Gasteiger partial charge in [-0.25, -0.2) is 0 Å². The van der Waals surface area contributed by atoms with E-state index in [1.54, 1.807) is 0 Å². The molecule has 2 nitrogen and oxygen atoms in total. The average molecular weight is 214 g/mol. The highest BCUT2D eigenvalue weighted by Gasteiger charge is 2.32. The molecule has 0 aromatic heterocycles. The second kappa shape index (κ2) is 4.27. The van der Waals surface area contributed by atoms with Gasteiger partial charge in [0.05, 0.1) is 11.6 Å². The van der Waals surface area contributed by atoms with Gasteiger partial charge in [-0.1, -0.05) is 13.0 Å². The van der Waals surface area contributed by atoms with E-state index < -0.39 is 0 Å². The number of nitriles is 1. The first-order valence-corrected chi connectivity index (χ1v) is 5.98. The summed E-state index contributed by atoms with van der Waals surface area (Å²) in [7, 11) is 0. The summed E-state index contributed by atoms with van der Waals surface area (Å²) in [5, 5.41) is 8.93. The number of benzene rings is 1. The Labute approximate surface area is 97.5 Å². The lowest BCUT2D eigenvalue weighted by Crippen LogP contribution is -2.23. The van der Waals surface area contributed by atoms with Gasteiger partial charge in [0.1, 0.15) is 0 Å². The third kappa shape index (κ3) is 1.62. The molecule has 2 unspecified atom stereocenters. The van der Waals surface area contributed by atoms with Crippen molar-refractivity contribution in [3.8, 4) is 6.07 Å². The van der Waals surface area contributed by atoms with Crippen LogP contribution in [0.4, 0.5) is 0 Å². The summed E-state index contributed by atoms with van der Waals surface area (Å²) in [5.74, 6) is 0. The van der Waals surface area contributed by atoms with Crippen molar-refractivity contribution < 1.29 is 0 Å². The van der Waals surface area contributed by atoms with Crippen molar-refractivity contribution in [2.24, 2.45) is 0 Å². The molecule has 0 fully saturated rings. The average Bonchev–Trinajstić information content (AvgIpc) is 2.54. The summed E-state index contributed by atoms with van der Waals surface area (Å²) in [5.41, 5.74) is 3.50. The minimum Gasteiger partial charge on any atom is -0.290 e. The van der Waals surface area contributed by atoms with Crippen molar-refractivity contribution in [1.29, 1.82) is 5.26 Å². The van der Waals surface area contributed by atoms with E-state index in [0.29, 0.717) is 12.1 Å². The van der Waals surface area contributed by atoms with E-state index in [1.807, 2.05) is 12.1 Å². The lowest BCUT2D eigenvalue weighted by Gasteiger charge is -2.25. The number of hydrogen-bond acceptors (Lipinski definition) is 2. The van der Waals surface area contributed by atoms with Crippen LogP contribution in [0, 0.1) is 11.3 Å². The Hall–Kier alpha value is -1.33. The fourth-order valence-electron chi connectivity index (χ4n) is 2.72. The first-order chi connectivity index (χ1) is 7.69. The Morgan fingerprint density at radius 1 is 1.25 bits per heavy atom. The van der Waals surface area contributed by atoms with Crippen LogP contribution in [-0.4, -0.2) is 11.4 Å². The fraction of sp³-hybridized carbons (Fsp3) is 0.500. The smallest absolute Gasteiger partial charge is 0.0991 e. The minimum atomic E-state index is 0.443. The van der Waals surface area contributed by atoms with E-state index in [0.717, 1.165) is 12.1 Å². The van der Waals surface area contributed by atoms with Gasteiger partial charge in [-0.05, 0) is 50.1 Å². The first-order valence-electron chi connectivity index (χ1n) is 5.98. The van der Waals surface area contributed by atoms with Gasteiger partial charge < -0.3 is 0 Å². The van der Waals surface area contributed by atoms with Crippen molar-refractivity contribution in [1.82, 2.24) is 4.90 Å². The molecule has 2 atom stereocenters. The summed E-state index contributed by atoms with van der Waals surface area (Å²) >= 11 is 0. The lowest BCUT2D eigenvalue weighted by molar-refractivity contribution is 0.183. The zero-order valence-electron chi connectivity index (χ0n) is 10.2. The van der Waals surface area contributed by atoms with Crippen LogP contribution >= 0.6 is 0 Å². The predicted molar refractivity (Wildman–Crippen MR) is 65.0 cm³/mol. The van der Waals surface area contributed by atoms with Crippen LogP contribution in [-0.2, 0) is 0 Å². The minimum absolute atomic E-state index is 0.443. The Morgan fingerprint density at radius 2 is 1.94 bits per heavy atom. The van der Waals surface area contributed by atoms with Crippen LogP contribution in [0.1, 0.15) is 56.0 Å². The third-order valence-corrected chi connectivity index (χ3v) is 3.59. The summed E-state index contributed by atoms with van der Waals surface area (Å²) in [6.45, 7) is 7.82. The van der Waals surface area contributed by atoms with Gasteiger partial charge in [0.25, 0.3) is 0 Å². The molecule has 0 bridgehead atoms. The zero-order valence-corrected chi connectivity index (χ0v) is 10.2. The highest BCUT2D eigenvalue weighted by molar-refractivity contribution is 5.43. The molecule has 0 aliphatic carbocycles. The number of hydrogen-bond donors (Lipinski definition) is 0. The van der Waals surface area contributed by atoms with Crippen LogP contribution < -0.4 is 0 Å². The van der Waals surface area contributed by atoms with Gasteiger partial charge in [-0.15, -0.1) is 0 Å². The molecule has 0 spiro atoms. The van der Waals surface area contributed by atoms with Crippen LogP contribution in [0.25, 0.3) is 0 Å². The van der Waals surface area contributed by atoms with E-state index in [2.05, 4.69) is 37.8 Å². The topological polar surface area (TPSA) is 27.0 Å². The van der Waals surface area contributed by atoms with Gasteiger partial charge in [0, 0.05) is 12.1 Å². The van der Waals surface area contributed by atoms with Crippen LogP contribution in [0.3, 0.4) is 0 Å². The molecule has 0 saturated carbocycles. The third-order valence-electron chi connectivity index (χ3n) is 3.59. The maximum atomic E-state index is 8.93. The van der Waals surface area contributed by atoms with E-state index in [-0.39, 0.29) is 0 Å². The van der Waals surface area contributed by atoms with E-state index >= 15 is 0 Å². The first kappa shape index (κ1) is 11.2. The molecule has 84 valence electrons. The summed E-state index contributed by atoms with van der Waals surface area (Å²) in [6.07, 6.45) is 1.17. The van der Waals surface area contributed by atoms with Gasteiger partial charge in [-0.3, -0.25) is 4.90 Å². The molecule has 1 aromatic carbocycles. The van der Waals surface area contributed by atoms with Gasteiger partial charge in [0.15, 0.2) is 0 Å².